The zero-order chi connectivity index (χ0) is 23.0. The number of aromatic nitrogens is 4. The maximum atomic E-state index is 12.5. The number of rotatable bonds is 6. The van der Waals surface area contributed by atoms with E-state index in [4.69, 9.17) is 32.7 Å². The van der Waals surface area contributed by atoms with E-state index in [0.29, 0.717) is 43.2 Å². The van der Waals surface area contributed by atoms with Gasteiger partial charge in [0.2, 0.25) is 5.95 Å². The Morgan fingerprint density at radius 2 is 2.03 bits per heavy atom. The van der Waals surface area contributed by atoms with E-state index in [1.807, 2.05) is 25.1 Å². The van der Waals surface area contributed by atoms with Crippen molar-refractivity contribution < 1.29 is 14.3 Å². The molecule has 0 bridgehead atoms. The van der Waals surface area contributed by atoms with Crippen molar-refractivity contribution in [3.05, 3.63) is 67.2 Å². The zero-order valence-electron chi connectivity index (χ0n) is 17.3. The first-order valence-corrected chi connectivity index (χ1v) is 11.1. The van der Waals surface area contributed by atoms with Crippen LogP contribution >= 0.6 is 39.1 Å². The van der Waals surface area contributed by atoms with Crippen LogP contribution in [0.5, 0.6) is 11.5 Å². The maximum absolute atomic E-state index is 12.5. The van der Waals surface area contributed by atoms with Crippen LogP contribution in [0, 0.1) is 0 Å². The van der Waals surface area contributed by atoms with E-state index in [2.05, 4.69) is 36.8 Å². The summed E-state index contributed by atoms with van der Waals surface area (Å²) >= 11 is 15.7. The maximum Gasteiger partial charge on any atom is 0.248 e. The number of hydrogen-bond donors (Lipinski definition) is 1. The lowest BCUT2D eigenvalue weighted by Gasteiger charge is -2.28. The number of methoxy groups -OCH3 is 1. The molecule has 1 aromatic heterocycles. The Kier molecular flexibility index (Phi) is 6.41. The Hall–Kier alpha value is -2.62. The monoisotopic (exact) mass is 537 g/mol. The lowest BCUT2D eigenvalue weighted by atomic mass is 9.93. The molecule has 0 saturated heterocycles. The number of carbonyl (C=O) groups excluding carboxylic acids is 1. The largest absolute Gasteiger partial charge is 0.493 e. The third kappa shape index (κ3) is 4.20. The van der Waals surface area contributed by atoms with Crippen LogP contribution in [-0.4, -0.2) is 33.1 Å². The molecule has 1 unspecified atom stereocenters. The third-order valence-corrected chi connectivity index (χ3v) is 6.36. The number of allylic oxidation sites excluding steroid dienone is 2. The second-order valence-corrected chi connectivity index (χ2v) is 8.81. The molecule has 0 amide bonds. The van der Waals surface area contributed by atoms with E-state index in [9.17, 15) is 4.79 Å². The van der Waals surface area contributed by atoms with E-state index in [0.717, 1.165) is 11.1 Å². The molecular weight excluding hydrogens is 521 g/mol. The average Bonchev–Trinajstić information content (AvgIpc) is 3.21. The van der Waals surface area contributed by atoms with Crippen LogP contribution in [0.25, 0.3) is 0 Å². The number of ketones is 1. The van der Waals surface area contributed by atoms with Crippen molar-refractivity contribution in [3.8, 4) is 11.5 Å². The van der Waals surface area contributed by atoms with Gasteiger partial charge in [0, 0.05) is 11.3 Å². The van der Waals surface area contributed by atoms with E-state index >= 15 is 0 Å². The van der Waals surface area contributed by atoms with Crippen LogP contribution in [0.4, 0.5) is 5.95 Å². The van der Waals surface area contributed by atoms with Gasteiger partial charge in [-0.3, -0.25) is 4.79 Å². The summed E-state index contributed by atoms with van der Waals surface area (Å²) < 4.78 is 13.8. The van der Waals surface area contributed by atoms with E-state index in [1.54, 1.807) is 23.9 Å². The summed E-state index contributed by atoms with van der Waals surface area (Å²) in [5, 5.41) is 15.8. The Balaban J connectivity index is 1.72. The molecule has 2 aromatic carbocycles. The molecule has 0 aliphatic carbocycles. The molecule has 0 spiro atoms. The normalized spacial score (nSPS) is 15.2. The molecule has 4 rings (SSSR count). The van der Waals surface area contributed by atoms with Crippen LogP contribution in [0.3, 0.4) is 0 Å². The molecule has 1 aliphatic rings. The molecule has 0 fully saturated rings. The van der Waals surface area contributed by atoms with Crippen molar-refractivity contribution >= 4 is 50.9 Å². The summed E-state index contributed by atoms with van der Waals surface area (Å²) in [6, 6.07) is 8.46. The summed E-state index contributed by atoms with van der Waals surface area (Å²) in [5.41, 5.74) is 2.87. The first-order valence-electron chi connectivity index (χ1n) is 9.51. The van der Waals surface area contributed by atoms with Gasteiger partial charge in [-0.25, -0.2) is 0 Å². The van der Waals surface area contributed by atoms with E-state index in [1.165, 1.54) is 6.92 Å². The number of halogens is 3. The van der Waals surface area contributed by atoms with Gasteiger partial charge in [-0.05, 0) is 75.6 Å². The Labute approximate surface area is 202 Å². The van der Waals surface area contributed by atoms with Crippen molar-refractivity contribution in [2.75, 3.05) is 12.4 Å². The second kappa shape index (κ2) is 9.09. The highest BCUT2D eigenvalue weighted by molar-refractivity contribution is 9.10. The molecule has 3 aromatic rings. The molecule has 166 valence electrons. The van der Waals surface area contributed by atoms with Gasteiger partial charge in [-0.15, -0.1) is 0 Å². The number of benzene rings is 2. The molecule has 0 saturated carbocycles. The highest BCUT2D eigenvalue weighted by atomic mass is 79.9. The Morgan fingerprint density at radius 3 is 2.72 bits per heavy atom. The average molecular weight is 539 g/mol. The highest BCUT2D eigenvalue weighted by Gasteiger charge is 2.33. The van der Waals surface area contributed by atoms with Crippen molar-refractivity contribution in [3.63, 3.8) is 0 Å². The molecule has 1 N–H and O–H groups in total. The summed E-state index contributed by atoms with van der Waals surface area (Å²) in [6.45, 7) is 3.60. The number of anilines is 1. The smallest absolute Gasteiger partial charge is 0.248 e. The minimum Gasteiger partial charge on any atom is -0.493 e. The van der Waals surface area contributed by atoms with Gasteiger partial charge in [0.1, 0.15) is 12.6 Å². The summed E-state index contributed by atoms with van der Waals surface area (Å²) in [5.74, 6) is 1.37. The van der Waals surface area contributed by atoms with Crippen LogP contribution in [0.15, 0.2) is 46.1 Å². The number of tetrazole rings is 1. The molecule has 11 heteroatoms. The van der Waals surface area contributed by atoms with Gasteiger partial charge >= 0.3 is 0 Å². The standard InChI is InChI=1S/C21H18BrCl2N5O3/c1-10-18(11(2)30)19(29-21(25-10)26-27-28-29)13-7-14(22)20(17(8-13)31-3)32-9-12-4-5-15(23)16(24)6-12/h4-8,19H,9H2,1-3H3,(H,25,26,28). The van der Waals surface area contributed by atoms with Gasteiger partial charge < -0.3 is 14.8 Å². The van der Waals surface area contributed by atoms with E-state index < -0.39 is 6.04 Å². The van der Waals surface area contributed by atoms with Gasteiger partial charge in [0.05, 0.1) is 21.6 Å². The van der Waals surface area contributed by atoms with Crippen molar-refractivity contribution in [1.29, 1.82) is 0 Å². The van der Waals surface area contributed by atoms with Crippen molar-refractivity contribution in [1.82, 2.24) is 20.2 Å². The first-order chi connectivity index (χ1) is 15.3. The van der Waals surface area contributed by atoms with Crippen LogP contribution in [0.1, 0.15) is 31.0 Å². The van der Waals surface area contributed by atoms with Gasteiger partial charge in [-0.2, -0.15) is 4.68 Å². The molecule has 32 heavy (non-hydrogen) atoms. The molecule has 0 radical (unpaired) electrons. The van der Waals surface area contributed by atoms with Gasteiger partial charge in [0.25, 0.3) is 0 Å². The summed E-state index contributed by atoms with van der Waals surface area (Å²) in [7, 11) is 1.55. The first kappa shape index (κ1) is 22.6. The van der Waals surface area contributed by atoms with Crippen LogP contribution in [0.2, 0.25) is 10.0 Å². The lowest BCUT2D eigenvalue weighted by Crippen LogP contribution is -2.28. The number of carbonyl (C=O) groups is 1. The Morgan fingerprint density at radius 1 is 1.25 bits per heavy atom. The number of Topliss-reactive ketones (excluding diaryl/α,β-unsaturated/α-hetero) is 1. The minimum absolute atomic E-state index is 0.0869. The predicted molar refractivity (Wildman–Crippen MR) is 124 cm³/mol. The summed E-state index contributed by atoms with van der Waals surface area (Å²) in [4.78, 5) is 12.5. The van der Waals surface area contributed by atoms with Crippen LogP contribution < -0.4 is 14.8 Å². The molecule has 1 aliphatic heterocycles. The number of hydrogen-bond acceptors (Lipinski definition) is 7. The lowest BCUT2D eigenvalue weighted by molar-refractivity contribution is -0.114. The third-order valence-electron chi connectivity index (χ3n) is 5.03. The predicted octanol–water partition coefficient (Wildman–Crippen LogP) is 5.21. The van der Waals surface area contributed by atoms with Gasteiger partial charge in [0.15, 0.2) is 17.3 Å². The number of ether oxygens (including phenoxy) is 2. The molecule has 1 atom stereocenters. The van der Waals surface area contributed by atoms with Gasteiger partial charge in [-0.1, -0.05) is 34.4 Å². The molecule has 8 nitrogen and oxygen atoms in total. The van der Waals surface area contributed by atoms with E-state index in [-0.39, 0.29) is 12.4 Å². The van der Waals surface area contributed by atoms with Crippen molar-refractivity contribution in [2.24, 2.45) is 0 Å². The summed E-state index contributed by atoms with van der Waals surface area (Å²) in [6.07, 6.45) is 0. The topological polar surface area (TPSA) is 91.2 Å². The molecular formula is C21H18BrCl2N5O3. The quantitative estimate of drug-likeness (QED) is 0.460. The fourth-order valence-electron chi connectivity index (χ4n) is 3.60. The highest BCUT2D eigenvalue weighted by Crippen LogP contribution is 2.42. The fraction of sp³-hybridized carbons (Fsp3) is 0.238. The minimum atomic E-state index is -0.520. The number of nitrogens with one attached hydrogen (secondary N) is 1. The van der Waals surface area contributed by atoms with Crippen molar-refractivity contribution in [2.45, 2.75) is 26.5 Å². The number of fused-ring (bicyclic) bond motifs is 1. The number of nitrogens with zero attached hydrogens (tertiary/aromatic N) is 4. The Bertz CT molecular complexity index is 1240. The zero-order valence-corrected chi connectivity index (χ0v) is 20.4. The second-order valence-electron chi connectivity index (χ2n) is 7.14. The molecule has 2 heterocycles. The fourth-order valence-corrected chi connectivity index (χ4v) is 4.49. The van der Waals surface area contributed by atoms with Crippen LogP contribution in [-0.2, 0) is 11.4 Å². The SMILES string of the molecule is COc1cc(C2C(C(C)=O)=C(C)Nc3nnnn32)cc(Br)c1OCc1ccc(Cl)c(Cl)c1.